The molecule has 1 atom stereocenters. The summed E-state index contributed by atoms with van der Waals surface area (Å²) in [6.07, 6.45) is 2.24. The van der Waals surface area contributed by atoms with E-state index in [0.717, 1.165) is 18.9 Å². The summed E-state index contributed by atoms with van der Waals surface area (Å²) in [5.74, 6) is -1.27. The van der Waals surface area contributed by atoms with Gasteiger partial charge in [-0.3, -0.25) is 0 Å². The van der Waals surface area contributed by atoms with E-state index in [4.69, 9.17) is 0 Å². The molecule has 0 aromatic heterocycles. The van der Waals surface area contributed by atoms with Crippen molar-refractivity contribution in [1.29, 1.82) is 0 Å². The van der Waals surface area contributed by atoms with Gasteiger partial charge in [0.2, 0.25) is 0 Å². The molecule has 0 saturated heterocycles. The second kappa shape index (κ2) is 3.52. The van der Waals surface area contributed by atoms with Crippen molar-refractivity contribution in [2.24, 2.45) is 5.41 Å². The normalized spacial score (nSPS) is 28.3. The van der Waals surface area contributed by atoms with Gasteiger partial charge in [-0.1, -0.05) is 19.9 Å². The summed E-state index contributed by atoms with van der Waals surface area (Å²) in [5.41, 5.74) is -1.33. The molecule has 1 fully saturated rings. The van der Waals surface area contributed by atoms with Crippen molar-refractivity contribution in [3.05, 3.63) is 35.4 Å². The molecular weight excluding hydrogens is 210 g/mol. The first-order valence-electron chi connectivity index (χ1n) is 5.55. The van der Waals surface area contributed by atoms with Crippen LogP contribution in [0.1, 0.15) is 38.7 Å². The smallest absolute Gasteiger partial charge is 0.132 e. The summed E-state index contributed by atoms with van der Waals surface area (Å²) in [5, 5.41) is 10.6. The Morgan fingerprint density at radius 3 is 2.38 bits per heavy atom. The molecule has 1 aromatic carbocycles. The zero-order valence-corrected chi connectivity index (χ0v) is 9.56. The van der Waals surface area contributed by atoms with Crippen molar-refractivity contribution < 1.29 is 13.9 Å². The van der Waals surface area contributed by atoms with Gasteiger partial charge in [0.15, 0.2) is 0 Å². The van der Waals surface area contributed by atoms with Gasteiger partial charge in [0.1, 0.15) is 11.6 Å². The van der Waals surface area contributed by atoms with Gasteiger partial charge in [-0.25, -0.2) is 8.78 Å². The predicted octanol–water partition coefficient (Wildman–Crippen LogP) is 3.36. The van der Waals surface area contributed by atoms with Gasteiger partial charge in [-0.05, 0) is 30.7 Å². The number of hydrogen-bond donors (Lipinski definition) is 1. The molecule has 1 aromatic rings. The van der Waals surface area contributed by atoms with E-state index < -0.39 is 17.2 Å². The molecule has 1 aliphatic carbocycles. The average Bonchev–Trinajstić information content (AvgIpc) is 2.41. The van der Waals surface area contributed by atoms with Crippen LogP contribution in [0.5, 0.6) is 0 Å². The average molecular weight is 226 g/mol. The highest BCUT2D eigenvalue weighted by molar-refractivity contribution is 5.28. The van der Waals surface area contributed by atoms with E-state index in [1.54, 1.807) is 0 Å². The molecule has 16 heavy (non-hydrogen) atoms. The molecule has 2 rings (SSSR count). The highest BCUT2D eigenvalue weighted by Crippen LogP contribution is 2.52. The second-order valence-electron chi connectivity index (χ2n) is 5.22. The van der Waals surface area contributed by atoms with Gasteiger partial charge in [0, 0.05) is 11.6 Å². The maximum absolute atomic E-state index is 13.7. The first kappa shape index (κ1) is 11.5. The van der Waals surface area contributed by atoms with Crippen LogP contribution >= 0.6 is 0 Å². The lowest BCUT2D eigenvalue weighted by molar-refractivity contribution is -0.0512. The van der Waals surface area contributed by atoms with E-state index in [0.29, 0.717) is 6.42 Å². The number of halogens is 2. The van der Waals surface area contributed by atoms with Crippen molar-refractivity contribution in [2.75, 3.05) is 0 Å². The largest absolute Gasteiger partial charge is 0.384 e. The summed E-state index contributed by atoms with van der Waals surface area (Å²) in [4.78, 5) is 0. The standard InChI is InChI=1S/C13H16F2O/c1-12(2)6-3-7-13(12,16)10-5-4-9(14)8-11(10)15/h4-5,8,16H,3,6-7H2,1-2H3. The van der Waals surface area contributed by atoms with Crippen LogP contribution in [0.2, 0.25) is 0 Å². The summed E-state index contributed by atoms with van der Waals surface area (Å²) >= 11 is 0. The van der Waals surface area contributed by atoms with E-state index in [1.165, 1.54) is 12.1 Å². The van der Waals surface area contributed by atoms with Gasteiger partial charge in [0.25, 0.3) is 0 Å². The molecule has 1 N–H and O–H groups in total. The van der Waals surface area contributed by atoms with Crippen molar-refractivity contribution in [3.63, 3.8) is 0 Å². The monoisotopic (exact) mass is 226 g/mol. The van der Waals surface area contributed by atoms with Gasteiger partial charge >= 0.3 is 0 Å². The maximum atomic E-state index is 13.7. The van der Waals surface area contributed by atoms with E-state index >= 15 is 0 Å². The van der Waals surface area contributed by atoms with Crippen LogP contribution in [0.4, 0.5) is 8.78 Å². The molecule has 1 saturated carbocycles. The summed E-state index contributed by atoms with van der Waals surface area (Å²) in [6.45, 7) is 3.84. The lowest BCUT2D eigenvalue weighted by atomic mass is 9.73. The molecular formula is C13H16F2O. The Hall–Kier alpha value is -0.960. The molecule has 3 heteroatoms. The number of aliphatic hydroxyl groups is 1. The van der Waals surface area contributed by atoms with Gasteiger partial charge in [-0.2, -0.15) is 0 Å². The lowest BCUT2D eigenvalue weighted by Gasteiger charge is -2.37. The molecule has 0 bridgehead atoms. The molecule has 0 spiro atoms. The summed E-state index contributed by atoms with van der Waals surface area (Å²) in [7, 11) is 0. The number of hydrogen-bond acceptors (Lipinski definition) is 1. The van der Waals surface area contributed by atoms with Crippen molar-refractivity contribution in [1.82, 2.24) is 0 Å². The molecule has 0 amide bonds. The van der Waals surface area contributed by atoms with Crippen LogP contribution in [-0.2, 0) is 5.60 Å². The third-order valence-corrected chi connectivity index (χ3v) is 3.84. The predicted molar refractivity (Wildman–Crippen MR) is 57.9 cm³/mol. The Morgan fingerprint density at radius 1 is 1.19 bits per heavy atom. The molecule has 0 aliphatic heterocycles. The van der Waals surface area contributed by atoms with Crippen molar-refractivity contribution >= 4 is 0 Å². The molecule has 1 aliphatic rings. The fourth-order valence-electron chi connectivity index (χ4n) is 2.66. The van der Waals surface area contributed by atoms with Crippen molar-refractivity contribution in [2.45, 2.75) is 38.7 Å². The Bertz CT molecular complexity index is 414. The van der Waals surface area contributed by atoms with Crippen LogP contribution in [0.3, 0.4) is 0 Å². The minimum atomic E-state index is -1.18. The zero-order valence-electron chi connectivity index (χ0n) is 9.56. The highest BCUT2D eigenvalue weighted by Gasteiger charge is 2.49. The van der Waals surface area contributed by atoms with Crippen molar-refractivity contribution in [3.8, 4) is 0 Å². The van der Waals surface area contributed by atoms with Crippen LogP contribution in [0.25, 0.3) is 0 Å². The van der Waals surface area contributed by atoms with E-state index in [1.807, 2.05) is 13.8 Å². The van der Waals surface area contributed by atoms with E-state index in [2.05, 4.69) is 0 Å². The topological polar surface area (TPSA) is 20.2 Å². The molecule has 0 radical (unpaired) electrons. The first-order valence-corrected chi connectivity index (χ1v) is 5.55. The van der Waals surface area contributed by atoms with Crippen LogP contribution < -0.4 is 0 Å². The fraction of sp³-hybridized carbons (Fsp3) is 0.538. The van der Waals surface area contributed by atoms with Gasteiger partial charge in [0.05, 0.1) is 5.60 Å². The van der Waals surface area contributed by atoms with Gasteiger partial charge < -0.3 is 5.11 Å². The van der Waals surface area contributed by atoms with Crippen LogP contribution in [0.15, 0.2) is 18.2 Å². The highest BCUT2D eigenvalue weighted by atomic mass is 19.1. The Balaban J connectivity index is 2.51. The third-order valence-electron chi connectivity index (χ3n) is 3.84. The minimum absolute atomic E-state index is 0.219. The molecule has 0 heterocycles. The molecule has 1 unspecified atom stereocenters. The Kier molecular flexibility index (Phi) is 2.54. The van der Waals surface area contributed by atoms with E-state index in [-0.39, 0.29) is 11.0 Å². The quantitative estimate of drug-likeness (QED) is 0.778. The van der Waals surface area contributed by atoms with E-state index in [9.17, 15) is 13.9 Å². The summed E-state index contributed by atoms with van der Waals surface area (Å²) in [6, 6.07) is 3.39. The third kappa shape index (κ3) is 1.54. The van der Waals surface area contributed by atoms with Gasteiger partial charge in [-0.15, -0.1) is 0 Å². The van der Waals surface area contributed by atoms with Crippen LogP contribution in [0, 0.1) is 17.0 Å². The SMILES string of the molecule is CC1(C)CCCC1(O)c1ccc(F)cc1F. The Morgan fingerprint density at radius 2 is 1.88 bits per heavy atom. The molecule has 1 nitrogen and oxygen atoms in total. The lowest BCUT2D eigenvalue weighted by Crippen LogP contribution is -2.37. The Labute approximate surface area is 94.1 Å². The zero-order chi connectivity index (χ0) is 12.0. The van der Waals surface area contributed by atoms with Crippen LogP contribution in [-0.4, -0.2) is 5.11 Å². The number of rotatable bonds is 1. The number of benzene rings is 1. The fourth-order valence-corrected chi connectivity index (χ4v) is 2.66. The second-order valence-corrected chi connectivity index (χ2v) is 5.22. The molecule has 88 valence electrons. The minimum Gasteiger partial charge on any atom is -0.384 e. The summed E-state index contributed by atoms with van der Waals surface area (Å²) < 4.78 is 26.5. The maximum Gasteiger partial charge on any atom is 0.132 e. The first-order chi connectivity index (χ1) is 7.37.